The Bertz CT molecular complexity index is 1520. The van der Waals surface area contributed by atoms with Crippen molar-refractivity contribution in [3.8, 4) is 0 Å². The molecular weight excluding hydrogens is 862 g/mol. The second kappa shape index (κ2) is 50.3. The zero-order chi connectivity index (χ0) is 49.0. The number of aliphatic carboxylic acids is 1. The molecule has 0 aliphatic heterocycles. The summed E-state index contributed by atoms with van der Waals surface area (Å²) in [5.74, 6) is -1.83. The van der Waals surface area contributed by atoms with Crippen molar-refractivity contribution in [2.75, 3.05) is 26.4 Å². The van der Waals surface area contributed by atoms with Gasteiger partial charge in [0, 0.05) is 13.0 Å². The SMILES string of the molecule is CC/C=C\C/C=C\C/C=C\C/C=C\C/C=C\C/C=C\CCCCC(=O)OC(COCCCCCCCCCCCCC/C=C\C/C=C\C/C=C\C/C=C\CC)COP(=O)(O)OCC(N)C(=O)O. The first-order chi connectivity index (χ1) is 32.7. The van der Waals surface area contributed by atoms with E-state index in [-0.39, 0.29) is 13.0 Å². The summed E-state index contributed by atoms with van der Waals surface area (Å²) in [5.41, 5.74) is 5.37. The van der Waals surface area contributed by atoms with Gasteiger partial charge in [-0.3, -0.25) is 18.6 Å². The molecule has 0 spiro atoms. The molecule has 0 radical (unpaired) electrons. The number of carboxylic acids is 1. The number of phosphoric ester groups is 1. The van der Waals surface area contributed by atoms with Crippen molar-refractivity contribution < 1.29 is 42.7 Å². The Morgan fingerprint density at radius 2 is 0.821 bits per heavy atom. The third kappa shape index (κ3) is 50.1. The molecule has 11 heteroatoms. The molecule has 3 atom stereocenters. The topological polar surface area (TPSA) is 155 Å². The Morgan fingerprint density at radius 1 is 0.478 bits per heavy atom. The van der Waals surface area contributed by atoms with Gasteiger partial charge in [-0.15, -0.1) is 0 Å². The van der Waals surface area contributed by atoms with Crippen LogP contribution in [-0.4, -0.2) is 60.5 Å². The Morgan fingerprint density at radius 3 is 1.22 bits per heavy atom. The molecule has 67 heavy (non-hydrogen) atoms. The zero-order valence-corrected chi connectivity index (χ0v) is 42.6. The van der Waals surface area contributed by atoms with Gasteiger partial charge < -0.3 is 25.2 Å². The van der Waals surface area contributed by atoms with E-state index in [2.05, 4.69) is 135 Å². The number of carboxylic acid groups (broad SMARTS) is 1. The molecule has 0 aliphatic rings. The molecule has 0 heterocycles. The van der Waals surface area contributed by atoms with Crippen LogP contribution in [0, 0.1) is 0 Å². The van der Waals surface area contributed by atoms with Crippen molar-refractivity contribution in [3.05, 3.63) is 122 Å². The van der Waals surface area contributed by atoms with Crippen LogP contribution in [0.4, 0.5) is 0 Å². The highest BCUT2D eigenvalue weighted by Gasteiger charge is 2.27. The molecule has 0 saturated heterocycles. The van der Waals surface area contributed by atoms with Crippen molar-refractivity contribution in [1.82, 2.24) is 0 Å². The van der Waals surface area contributed by atoms with E-state index in [1.807, 2.05) is 0 Å². The molecule has 0 bridgehead atoms. The summed E-state index contributed by atoms with van der Waals surface area (Å²) in [6.07, 6.45) is 69.7. The quantitative estimate of drug-likeness (QED) is 0.0232. The maximum absolute atomic E-state index is 12.7. The Balaban J connectivity index is 4.25. The molecule has 0 amide bonds. The maximum atomic E-state index is 12.7. The van der Waals surface area contributed by atoms with Crippen LogP contribution in [-0.2, 0) is 32.7 Å². The van der Waals surface area contributed by atoms with Gasteiger partial charge in [-0.05, 0) is 103 Å². The van der Waals surface area contributed by atoms with Crippen LogP contribution >= 0.6 is 7.82 Å². The van der Waals surface area contributed by atoms with E-state index in [9.17, 15) is 19.0 Å². The van der Waals surface area contributed by atoms with E-state index in [4.69, 9.17) is 29.4 Å². The standard InChI is InChI=1S/C56H92NO9P/c1-3-5-7-9-11-13-15-17-19-21-23-25-26-27-29-31-33-35-37-39-41-43-45-47-49-63-50-53(51-64-67(61,62)65-52-54(57)56(59)60)66-55(58)48-46-44-42-40-38-36-34-32-30-28-24-22-20-18-16-14-12-10-8-6-4-2/h5-8,11-14,17-20,23-25,28,32,34,38,40,53-54H,3-4,9-10,15-16,21-22,26-27,29-31,33,35-37,39,41-52,57H2,1-2H3,(H,59,60)(H,61,62)/b7-5-,8-6-,13-11-,14-12-,19-17-,20-18-,25-23-,28-24-,34-32-,40-38-. The molecular formula is C56H92NO9P. The second-order valence-electron chi connectivity index (χ2n) is 16.5. The summed E-state index contributed by atoms with van der Waals surface area (Å²) in [6.45, 7) is 3.58. The number of hydrogen-bond donors (Lipinski definition) is 3. The summed E-state index contributed by atoms with van der Waals surface area (Å²) >= 11 is 0. The van der Waals surface area contributed by atoms with Gasteiger partial charge in [0.1, 0.15) is 12.1 Å². The number of allylic oxidation sites excluding steroid dienone is 20. The van der Waals surface area contributed by atoms with Gasteiger partial charge >= 0.3 is 19.8 Å². The highest BCUT2D eigenvalue weighted by Crippen LogP contribution is 2.43. The first-order valence-corrected chi connectivity index (χ1v) is 27.1. The highest BCUT2D eigenvalue weighted by atomic mass is 31.2. The minimum absolute atomic E-state index is 0.0115. The van der Waals surface area contributed by atoms with Crippen molar-refractivity contribution in [2.24, 2.45) is 5.73 Å². The van der Waals surface area contributed by atoms with Gasteiger partial charge in [0.05, 0.1) is 19.8 Å². The predicted molar refractivity (Wildman–Crippen MR) is 281 cm³/mol. The minimum atomic E-state index is -4.65. The lowest BCUT2D eigenvalue weighted by Gasteiger charge is -2.20. The van der Waals surface area contributed by atoms with E-state index in [0.29, 0.717) is 13.0 Å². The summed E-state index contributed by atoms with van der Waals surface area (Å²) in [5, 5.41) is 8.93. The molecule has 380 valence electrons. The van der Waals surface area contributed by atoms with Gasteiger partial charge in [-0.1, -0.05) is 193 Å². The van der Waals surface area contributed by atoms with Crippen molar-refractivity contribution in [1.29, 1.82) is 0 Å². The molecule has 0 aromatic heterocycles. The van der Waals surface area contributed by atoms with Crippen LogP contribution in [0.5, 0.6) is 0 Å². The Hall–Kier alpha value is -3.63. The number of nitrogens with two attached hydrogens (primary N) is 1. The smallest absolute Gasteiger partial charge is 0.472 e. The van der Waals surface area contributed by atoms with Gasteiger partial charge in [-0.25, -0.2) is 4.57 Å². The molecule has 3 unspecified atom stereocenters. The van der Waals surface area contributed by atoms with Crippen LogP contribution in [0.1, 0.15) is 181 Å². The Labute approximate surface area is 407 Å². The fraction of sp³-hybridized carbons (Fsp3) is 0.607. The van der Waals surface area contributed by atoms with E-state index in [1.54, 1.807) is 0 Å². The van der Waals surface area contributed by atoms with Crippen LogP contribution in [0.3, 0.4) is 0 Å². The number of ether oxygens (including phenoxy) is 2. The lowest BCUT2D eigenvalue weighted by atomic mass is 10.1. The summed E-state index contributed by atoms with van der Waals surface area (Å²) in [7, 11) is -4.65. The molecule has 4 N–H and O–H groups in total. The molecule has 0 aromatic rings. The molecule has 10 nitrogen and oxygen atoms in total. The number of phosphoric acid groups is 1. The number of esters is 1. The lowest BCUT2D eigenvalue weighted by Crippen LogP contribution is -2.34. The lowest BCUT2D eigenvalue weighted by molar-refractivity contribution is -0.154. The first kappa shape index (κ1) is 63.4. The fourth-order valence-electron chi connectivity index (χ4n) is 6.36. The molecule has 0 aliphatic carbocycles. The molecule has 0 saturated carbocycles. The zero-order valence-electron chi connectivity index (χ0n) is 41.7. The van der Waals surface area contributed by atoms with Gasteiger partial charge in [-0.2, -0.15) is 0 Å². The van der Waals surface area contributed by atoms with Crippen molar-refractivity contribution in [2.45, 2.75) is 193 Å². The largest absolute Gasteiger partial charge is 0.480 e. The number of carbonyl (C=O) groups excluding carboxylic acids is 1. The van der Waals surface area contributed by atoms with Crippen LogP contribution < -0.4 is 5.73 Å². The van der Waals surface area contributed by atoms with Crippen molar-refractivity contribution >= 4 is 19.8 Å². The van der Waals surface area contributed by atoms with Gasteiger partial charge in [0.2, 0.25) is 0 Å². The van der Waals surface area contributed by atoms with E-state index in [1.165, 1.54) is 57.8 Å². The van der Waals surface area contributed by atoms with E-state index < -0.39 is 45.1 Å². The number of hydrogen-bond acceptors (Lipinski definition) is 8. The average Bonchev–Trinajstić information content (AvgIpc) is 3.31. The predicted octanol–water partition coefficient (Wildman–Crippen LogP) is 15.2. The Kier molecular flexibility index (Phi) is 47.5. The number of unbranched alkanes of at least 4 members (excludes halogenated alkanes) is 13. The monoisotopic (exact) mass is 954 g/mol. The maximum Gasteiger partial charge on any atom is 0.472 e. The third-order valence-corrected chi connectivity index (χ3v) is 11.2. The normalized spacial score (nSPS) is 14.7. The van der Waals surface area contributed by atoms with Gasteiger partial charge in [0.25, 0.3) is 0 Å². The fourth-order valence-corrected chi connectivity index (χ4v) is 7.14. The third-order valence-electron chi connectivity index (χ3n) is 10.2. The summed E-state index contributed by atoms with van der Waals surface area (Å²) in [4.78, 5) is 33.7. The van der Waals surface area contributed by atoms with E-state index in [0.717, 1.165) is 96.3 Å². The summed E-state index contributed by atoms with van der Waals surface area (Å²) in [6, 6.07) is -1.49. The molecule has 0 aromatic carbocycles. The number of carbonyl (C=O) groups is 2. The van der Waals surface area contributed by atoms with E-state index >= 15 is 0 Å². The first-order valence-electron chi connectivity index (χ1n) is 25.6. The average molecular weight is 954 g/mol. The van der Waals surface area contributed by atoms with Crippen LogP contribution in [0.25, 0.3) is 0 Å². The minimum Gasteiger partial charge on any atom is -0.480 e. The van der Waals surface area contributed by atoms with Crippen LogP contribution in [0.2, 0.25) is 0 Å². The summed E-state index contributed by atoms with van der Waals surface area (Å²) < 4.78 is 33.5. The molecule has 0 rings (SSSR count). The second-order valence-corrected chi connectivity index (χ2v) is 18.0. The number of rotatable bonds is 47. The van der Waals surface area contributed by atoms with Crippen LogP contribution in [0.15, 0.2) is 122 Å². The molecule has 0 fully saturated rings. The van der Waals surface area contributed by atoms with Gasteiger partial charge in [0.15, 0.2) is 0 Å². The highest BCUT2D eigenvalue weighted by molar-refractivity contribution is 7.47. The van der Waals surface area contributed by atoms with Crippen molar-refractivity contribution in [3.63, 3.8) is 0 Å².